The summed E-state index contributed by atoms with van der Waals surface area (Å²) in [5.74, 6) is -10.4. The van der Waals surface area contributed by atoms with Crippen LogP contribution < -0.4 is 0 Å². The van der Waals surface area contributed by atoms with Crippen LogP contribution in [0, 0.1) is 42.9 Å². The Morgan fingerprint density at radius 3 is 1.89 bits per heavy atom. The average molecular weight is 382 g/mol. The Hall–Kier alpha value is -3.30. The molecule has 10 heteroatoms. The van der Waals surface area contributed by atoms with Crippen LogP contribution in [0.1, 0.15) is 11.4 Å². The summed E-state index contributed by atoms with van der Waals surface area (Å²) in [7, 11) is 0. The van der Waals surface area contributed by atoms with Crippen molar-refractivity contribution in [1.82, 2.24) is 9.78 Å². The van der Waals surface area contributed by atoms with E-state index in [0.29, 0.717) is 10.4 Å². The van der Waals surface area contributed by atoms with Gasteiger partial charge >= 0.3 is 0 Å². The highest BCUT2D eigenvalue weighted by molar-refractivity contribution is 5.51. The van der Waals surface area contributed by atoms with Crippen LogP contribution in [0.3, 0.4) is 0 Å². The van der Waals surface area contributed by atoms with Gasteiger partial charge in [0.2, 0.25) is 5.82 Å². The second kappa shape index (κ2) is 6.78. The molecule has 0 saturated heterocycles. The molecule has 0 bridgehead atoms. The molecule has 2 aromatic carbocycles. The maximum atomic E-state index is 14.0. The average Bonchev–Trinajstić information content (AvgIpc) is 2.92. The molecule has 0 aliphatic carbocycles. The van der Waals surface area contributed by atoms with Crippen molar-refractivity contribution in [3.8, 4) is 11.4 Å². The van der Waals surface area contributed by atoms with Crippen LogP contribution in [0.4, 0.5) is 33.3 Å². The van der Waals surface area contributed by atoms with Crippen LogP contribution in [0.15, 0.2) is 34.5 Å². The molecule has 0 radical (unpaired) electrons. The van der Waals surface area contributed by atoms with Gasteiger partial charge in [-0.3, -0.25) is 0 Å². The van der Waals surface area contributed by atoms with Crippen LogP contribution in [-0.4, -0.2) is 14.9 Å². The van der Waals surface area contributed by atoms with E-state index in [1.165, 1.54) is 38.1 Å². The van der Waals surface area contributed by atoms with Crippen LogP contribution in [-0.2, 0) is 0 Å². The standard InChI is InChI=1S/C17H11F5N4O/c1-7-16(24-23-9-3-5-10(27)6-4-9)8(2)26(25-7)17-14(21)12(19)11(18)13(20)15(17)22/h3-6,27H,1-2H3. The van der Waals surface area contributed by atoms with Crippen LogP contribution >= 0.6 is 0 Å². The first-order valence-corrected chi connectivity index (χ1v) is 7.51. The lowest BCUT2D eigenvalue weighted by Crippen LogP contribution is -2.11. The van der Waals surface area contributed by atoms with E-state index in [-0.39, 0.29) is 22.8 Å². The minimum absolute atomic E-state index is 0.0261. The minimum atomic E-state index is -2.25. The van der Waals surface area contributed by atoms with Gasteiger partial charge in [-0.2, -0.15) is 10.2 Å². The summed E-state index contributed by atoms with van der Waals surface area (Å²) in [4.78, 5) is 0. The first-order chi connectivity index (χ1) is 12.7. The molecule has 27 heavy (non-hydrogen) atoms. The molecule has 0 atom stereocenters. The van der Waals surface area contributed by atoms with Gasteiger partial charge in [-0.05, 0) is 38.1 Å². The Kier molecular flexibility index (Phi) is 4.64. The first kappa shape index (κ1) is 18.5. The molecule has 0 fully saturated rings. The van der Waals surface area contributed by atoms with Crippen LogP contribution in [0.5, 0.6) is 5.75 Å². The highest BCUT2D eigenvalue weighted by atomic mass is 19.2. The smallest absolute Gasteiger partial charge is 0.200 e. The lowest BCUT2D eigenvalue weighted by molar-refractivity contribution is 0.373. The lowest BCUT2D eigenvalue weighted by atomic mass is 10.2. The SMILES string of the molecule is Cc1nn(-c2c(F)c(F)c(F)c(F)c2F)c(C)c1N=Nc1ccc(O)cc1. The molecule has 1 heterocycles. The quantitative estimate of drug-likeness (QED) is 0.289. The van der Waals surface area contributed by atoms with Gasteiger partial charge in [-0.15, -0.1) is 5.11 Å². The van der Waals surface area contributed by atoms with Crippen molar-refractivity contribution in [1.29, 1.82) is 0 Å². The Morgan fingerprint density at radius 2 is 1.33 bits per heavy atom. The largest absolute Gasteiger partial charge is 0.508 e. The molecular formula is C17H11F5N4O. The fraction of sp³-hybridized carbons (Fsp3) is 0.118. The van der Waals surface area contributed by atoms with Gasteiger partial charge in [0.15, 0.2) is 23.3 Å². The molecule has 0 aliphatic heterocycles. The number of aryl methyl sites for hydroxylation is 1. The Labute approximate surface area is 149 Å². The monoisotopic (exact) mass is 382 g/mol. The highest BCUT2D eigenvalue weighted by Crippen LogP contribution is 2.32. The van der Waals surface area contributed by atoms with E-state index in [9.17, 15) is 27.1 Å². The van der Waals surface area contributed by atoms with Crippen molar-refractivity contribution in [3.05, 3.63) is 64.7 Å². The number of azo groups is 1. The van der Waals surface area contributed by atoms with Gasteiger partial charge in [-0.25, -0.2) is 26.6 Å². The Bertz CT molecular complexity index is 1030. The molecule has 1 N–H and O–H groups in total. The highest BCUT2D eigenvalue weighted by Gasteiger charge is 2.29. The Morgan fingerprint density at radius 1 is 0.815 bits per heavy atom. The summed E-state index contributed by atoms with van der Waals surface area (Å²) < 4.78 is 68.8. The van der Waals surface area contributed by atoms with Gasteiger partial charge in [0, 0.05) is 0 Å². The van der Waals surface area contributed by atoms with Crippen molar-refractivity contribution in [2.24, 2.45) is 10.2 Å². The first-order valence-electron chi connectivity index (χ1n) is 7.51. The van der Waals surface area contributed by atoms with Crippen molar-refractivity contribution < 1.29 is 27.1 Å². The minimum Gasteiger partial charge on any atom is -0.508 e. The molecule has 1 aromatic heterocycles. The lowest BCUT2D eigenvalue weighted by Gasteiger charge is -2.09. The van der Waals surface area contributed by atoms with Crippen LogP contribution in [0.2, 0.25) is 0 Å². The maximum absolute atomic E-state index is 14.0. The van der Waals surface area contributed by atoms with Crippen LogP contribution in [0.25, 0.3) is 5.69 Å². The van der Waals surface area contributed by atoms with Crippen molar-refractivity contribution in [2.45, 2.75) is 13.8 Å². The second-order valence-corrected chi connectivity index (χ2v) is 5.57. The number of halogens is 5. The molecule has 3 aromatic rings. The number of aromatic hydroxyl groups is 1. The fourth-order valence-electron chi connectivity index (χ4n) is 2.40. The zero-order chi connectivity index (χ0) is 19.9. The normalized spacial score (nSPS) is 11.5. The summed E-state index contributed by atoms with van der Waals surface area (Å²) in [5.41, 5.74) is -0.530. The second-order valence-electron chi connectivity index (χ2n) is 5.57. The van der Waals surface area contributed by atoms with Crippen molar-refractivity contribution >= 4 is 11.4 Å². The fourth-order valence-corrected chi connectivity index (χ4v) is 2.40. The molecule has 0 spiro atoms. The molecular weight excluding hydrogens is 371 g/mol. The number of benzene rings is 2. The zero-order valence-corrected chi connectivity index (χ0v) is 13.9. The number of phenols is 1. The number of hydrogen-bond acceptors (Lipinski definition) is 4. The summed E-state index contributed by atoms with van der Waals surface area (Å²) in [6, 6.07) is 5.70. The van der Waals surface area contributed by atoms with Crippen molar-refractivity contribution in [2.75, 3.05) is 0 Å². The third-order valence-electron chi connectivity index (χ3n) is 3.77. The number of rotatable bonds is 3. The van der Waals surface area contributed by atoms with E-state index < -0.39 is 34.8 Å². The van der Waals surface area contributed by atoms with E-state index in [1.54, 1.807) is 0 Å². The maximum Gasteiger partial charge on any atom is 0.200 e. The third kappa shape index (κ3) is 3.14. The summed E-state index contributed by atoms with van der Waals surface area (Å²) in [6.45, 7) is 2.80. The van der Waals surface area contributed by atoms with Gasteiger partial charge in [0.25, 0.3) is 0 Å². The van der Waals surface area contributed by atoms with Gasteiger partial charge in [-0.1, -0.05) is 0 Å². The zero-order valence-electron chi connectivity index (χ0n) is 13.9. The molecule has 0 aliphatic rings. The van der Waals surface area contributed by atoms with E-state index in [2.05, 4.69) is 15.3 Å². The van der Waals surface area contributed by atoms with E-state index in [4.69, 9.17) is 0 Å². The predicted molar refractivity (Wildman–Crippen MR) is 85.1 cm³/mol. The Balaban J connectivity index is 2.11. The number of nitrogens with zero attached hydrogens (tertiary/aromatic N) is 4. The third-order valence-corrected chi connectivity index (χ3v) is 3.77. The summed E-state index contributed by atoms with van der Waals surface area (Å²) in [5, 5.41) is 20.9. The predicted octanol–water partition coefficient (Wildman–Crippen LogP) is 5.31. The molecule has 140 valence electrons. The van der Waals surface area contributed by atoms with E-state index in [0.717, 1.165) is 0 Å². The molecule has 0 amide bonds. The van der Waals surface area contributed by atoms with Gasteiger partial charge < -0.3 is 5.11 Å². The molecule has 5 nitrogen and oxygen atoms in total. The number of phenolic OH excluding ortho intramolecular Hbond substituents is 1. The van der Waals surface area contributed by atoms with Crippen molar-refractivity contribution in [3.63, 3.8) is 0 Å². The number of hydrogen-bond donors (Lipinski definition) is 1. The van der Waals surface area contributed by atoms with E-state index >= 15 is 0 Å². The van der Waals surface area contributed by atoms with Gasteiger partial charge in [0.05, 0.1) is 17.1 Å². The molecule has 0 saturated carbocycles. The van der Waals surface area contributed by atoms with Gasteiger partial charge in [0.1, 0.15) is 17.1 Å². The van der Waals surface area contributed by atoms with E-state index in [1.807, 2.05) is 0 Å². The summed E-state index contributed by atoms with van der Waals surface area (Å²) in [6.07, 6.45) is 0. The molecule has 3 rings (SSSR count). The topological polar surface area (TPSA) is 62.8 Å². The summed E-state index contributed by atoms with van der Waals surface area (Å²) >= 11 is 0. The molecule has 0 unspecified atom stereocenters. The number of aromatic nitrogens is 2.